The smallest absolute Gasteiger partial charge is 0.341 e. The van der Waals surface area contributed by atoms with Crippen molar-refractivity contribution >= 4 is 50.6 Å². The van der Waals surface area contributed by atoms with Crippen LogP contribution in [0.1, 0.15) is 45.4 Å². The minimum Gasteiger partial charge on any atom is -0.341 e. The Morgan fingerprint density at radius 2 is 1.86 bits per heavy atom. The molecule has 1 fully saturated rings. The van der Waals surface area contributed by atoms with Crippen LogP contribution in [0.4, 0.5) is 13.2 Å². The number of aromatic nitrogens is 2. The summed E-state index contributed by atoms with van der Waals surface area (Å²) in [6.45, 7) is 0.206. The van der Waals surface area contributed by atoms with Crippen molar-refractivity contribution in [1.82, 2.24) is 14.5 Å². The molecule has 1 aliphatic rings. The molecule has 3 heterocycles. The number of halogens is 5. The normalized spacial score (nSPS) is 14.2. The first-order chi connectivity index (χ1) is 17.5. The zero-order chi connectivity index (χ0) is 26.7. The van der Waals surface area contributed by atoms with Crippen molar-refractivity contribution in [3.63, 3.8) is 0 Å². The molecule has 0 bridgehead atoms. The van der Waals surface area contributed by atoms with Gasteiger partial charge in [-0.1, -0.05) is 27.5 Å². The molecular weight excluding hydrogens is 595 g/mol. The third kappa shape index (κ3) is 6.69. The number of benzene rings is 1. The average Bonchev–Trinajstić information content (AvgIpc) is 3.34. The molecule has 4 rings (SSSR count). The van der Waals surface area contributed by atoms with E-state index in [-0.39, 0.29) is 11.7 Å². The summed E-state index contributed by atoms with van der Waals surface area (Å²) in [6, 6.07) is 7.45. The SMILES string of the molecule is O=C(C#Cc1csc(C2CCN(C(=O)Cn3cc(C(F)(F)F)cc(Cl)c3=O)CC2)n1)c1ccc(Br)cc1. The molecule has 1 aromatic carbocycles. The van der Waals surface area contributed by atoms with E-state index < -0.39 is 34.8 Å². The second-order valence-electron chi connectivity index (χ2n) is 8.32. The van der Waals surface area contributed by atoms with E-state index in [0.29, 0.717) is 54.0 Å². The highest BCUT2D eigenvalue weighted by Crippen LogP contribution is 2.31. The van der Waals surface area contributed by atoms with Gasteiger partial charge in [0.05, 0.1) is 10.6 Å². The van der Waals surface area contributed by atoms with Crippen molar-refractivity contribution in [2.75, 3.05) is 13.1 Å². The Hall–Kier alpha value is -2.94. The Morgan fingerprint density at radius 1 is 1.19 bits per heavy atom. The fraction of sp³-hybridized carbons (Fsp3) is 0.280. The van der Waals surface area contributed by atoms with Gasteiger partial charge in [-0.2, -0.15) is 13.2 Å². The van der Waals surface area contributed by atoms with Crippen LogP contribution in [0.5, 0.6) is 0 Å². The molecule has 0 radical (unpaired) electrons. The molecule has 1 amide bonds. The van der Waals surface area contributed by atoms with E-state index in [9.17, 15) is 27.6 Å². The van der Waals surface area contributed by atoms with Crippen LogP contribution in [0.2, 0.25) is 5.02 Å². The van der Waals surface area contributed by atoms with E-state index in [1.165, 1.54) is 16.2 Å². The van der Waals surface area contributed by atoms with Gasteiger partial charge in [0, 0.05) is 40.6 Å². The van der Waals surface area contributed by atoms with Crippen LogP contribution < -0.4 is 5.56 Å². The zero-order valence-corrected chi connectivity index (χ0v) is 22.2. The number of likely N-dealkylation sites (tertiary alicyclic amines) is 1. The second kappa shape index (κ2) is 11.2. The van der Waals surface area contributed by atoms with Crippen molar-refractivity contribution in [3.05, 3.63) is 83.6 Å². The predicted octanol–water partition coefficient (Wildman–Crippen LogP) is 5.38. The molecule has 0 spiro atoms. The summed E-state index contributed by atoms with van der Waals surface area (Å²) >= 11 is 10.4. The minimum absolute atomic E-state index is 0.0810. The van der Waals surface area contributed by atoms with E-state index in [1.54, 1.807) is 29.6 Å². The average molecular weight is 613 g/mol. The monoisotopic (exact) mass is 611 g/mol. The summed E-state index contributed by atoms with van der Waals surface area (Å²) in [7, 11) is 0. The molecule has 37 heavy (non-hydrogen) atoms. The van der Waals surface area contributed by atoms with Crippen molar-refractivity contribution in [2.24, 2.45) is 0 Å². The fourth-order valence-corrected chi connectivity index (χ4v) is 5.23. The number of thiazole rings is 1. The Labute approximate surface area is 227 Å². The lowest BCUT2D eigenvalue weighted by Crippen LogP contribution is -2.41. The van der Waals surface area contributed by atoms with Gasteiger partial charge in [0.2, 0.25) is 11.7 Å². The number of alkyl halides is 3. The quantitative estimate of drug-likeness (QED) is 0.293. The molecule has 6 nitrogen and oxygen atoms in total. The van der Waals surface area contributed by atoms with E-state index in [4.69, 9.17) is 11.6 Å². The number of hydrogen-bond acceptors (Lipinski definition) is 5. The van der Waals surface area contributed by atoms with Crippen molar-refractivity contribution in [1.29, 1.82) is 0 Å². The number of carbonyl (C=O) groups excluding carboxylic acids is 2. The van der Waals surface area contributed by atoms with Gasteiger partial charge in [-0.05, 0) is 55.0 Å². The molecule has 12 heteroatoms. The van der Waals surface area contributed by atoms with Crippen LogP contribution in [0.25, 0.3) is 0 Å². The minimum atomic E-state index is -4.69. The Kier molecular flexibility index (Phi) is 8.21. The standard InChI is InChI=1S/C25H18BrClF3N3O3S/c26-18-3-1-15(2-4-18)21(34)6-5-19-14-37-23(31-19)16-7-9-32(10-8-16)22(35)13-33-12-17(25(28,29)30)11-20(27)24(33)36/h1-4,11-12,14,16H,7-10,13H2. The highest BCUT2D eigenvalue weighted by molar-refractivity contribution is 9.10. The Bertz CT molecular complexity index is 1450. The third-order valence-electron chi connectivity index (χ3n) is 5.80. The predicted molar refractivity (Wildman–Crippen MR) is 137 cm³/mol. The number of piperidine rings is 1. The van der Waals surface area contributed by atoms with Crippen LogP contribution in [0, 0.1) is 11.8 Å². The second-order valence-corrected chi connectivity index (χ2v) is 10.5. The van der Waals surface area contributed by atoms with Crippen LogP contribution in [0.15, 0.2) is 51.2 Å². The van der Waals surface area contributed by atoms with Crippen molar-refractivity contribution < 1.29 is 22.8 Å². The van der Waals surface area contributed by atoms with Gasteiger partial charge < -0.3 is 9.47 Å². The van der Waals surface area contributed by atoms with E-state index in [2.05, 4.69) is 32.8 Å². The number of ketones is 1. The lowest BCUT2D eigenvalue weighted by Gasteiger charge is -2.31. The molecular formula is C25H18BrClF3N3O3S. The number of hydrogen-bond donors (Lipinski definition) is 0. The largest absolute Gasteiger partial charge is 0.417 e. The van der Waals surface area contributed by atoms with Gasteiger partial charge in [-0.3, -0.25) is 14.4 Å². The van der Waals surface area contributed by atoms with Crippen molar-refractivity contribution in [2.45, 2.75) is 31.5 Å². The molecule has 192 valence electrons. The molecule has 3 aromatic rings. The topological polar surface area (TPSA) is 72.3 Å². The highest BCUT2D eigenvalue weighted by Gasteiger charge is 2.33. The summed E-state index contributed by atoms with van der Waals surface area (Å²) in [4.78, 5) is 43.1. The van der Waals surface area contributed by atoms with Gasteiger partial charge in [-0.25, -0.2) is 4.98 Å². The van der Waals surface area contributed by atoms with Crippen LogP contribution >= 0.6 is 38.9 Å². The lowest BCUT2D eigenvalue weighted by molar-refractivity contribution is -0.139. The summed E-state index contributed by atoms with van der Waals surface area (Å²) < 4.78 is 40.7. The number of Topliss-reactive ketones (excluding diaryl/α,β-unsaturated/α-hetero) is 1. The maximum absolute atomic E-state index is 13.1. The van der Waals surface area contributed by atoms with Crippen LogP contribution in [-0.4, -0.2) is 39.2 Å². The van der Waals surface area contributed by atoms with Gasteiger partial charge in [0.15, 0.2) is 0 Å². The lowest BCUT2D eigenvalue weighted by atomic mass is 9.97. The van der Waals surface area contributed by atoms with Crippen molar-refractivity contribution in [3.8, 4) is 11.8 Å². The number of rotatable bonds is 4. The number of nitrogens with zero attached hydrogens (tertiary/aromatic N) is 3. The third-order valence-corrected chi connectivity index (χ3v) is 7.61. The first-order valence-corrected chi connectivity index (χ1v) is 13.1. The number of amides is 1. The van der Waals surface area contributed by atoms with Gasteiger partial charge in [0.1, 0.15) is 17.3 Å². The van der Waals surface area contributed by atoms with E-state index in [0.717, 1.165) is 9.48 Å². The maximum atomic E-state index is 13.1. The molecule has 2 aromatic heterocycles. The summed E-state index contributed by atoms with van der Waals surface area (Å²) in [5, 5.41) is 2.02. The van der Waals surface area contributed by atoms with Gasteiger partial charge in [-0.15, -0.1) is 11.3 Å². The Balaban J connectivity index is 1.35. The first-order valence-electron chi connectivity index (χ1n) is 11.0. The summed E-state index contributed by atoms with van der Waals surface area (Å²) in [5.41, 5.74) is -0.972. The van der Waals surface area contributed by atoms with Gasteiger partial charge in [0.25, 0.3) is 5.56 Å². The molecule has 0 atom stereocenters. The van der Waals surface area contributed by atoms with E-state index >= 15 is 0 Å². The molecule has 1 saturated heterocycles. The van der Waals surface area contributed by atoms with Crippen LogP contribution in [-0.2, 0) is 17.5 Å². The molecule has 0 aliphatic carbocycles. The Morgan fingerprint density at radius 3 is 2.51 bits per heavy atom. The summed E-state index contributed by atoms with van der Waals surface area (Å²) in [5.74, 6) is 4.70. The first kappa shape index (κ1) is 27.1. The number of carbonyl (C=O) groups is 2. The van der Waals surface area contributed by atoms with E-state index in [1.807, 2.05) is 0 Å². The molecule has 0 saturated carbocycles. The highest BCUT2D eigenvalue weighted by atomic mass is 79.9. The summed E-state index contributed by atoms with van der Waals surface area (Å²) in [6.07, 6.45) is -2.88. The van der Waals surface area contributed by atoms with Crippen LogP contribution in [0.3, 0.4) is 0 Å². The molecule has 1 aliphatic heterocycles. The van der Waals surface area contributed by atoms with Gasteiger partial charge >= 0.3 is 6.18 Å². The maximum Gasteiger partial charge on any atom is 0.417 e. The number of pyridine rings is 1. The zero-order valence-electron chi connectivity index (χ0n) is 19.0. The molecule has 0 unspecified atom stereocenters. The fourth-order valence-electron chi connectivity index (χ4n) is 3.82. The molecule has 0 N–H and O–H groups in total.